The number of piperazine rings is 1. The lowest BCUT2D eigenvalue weighted by atomic mass is 10.3. The highest BCUT2D eigenvalue weighted by Crippen LogP contribution is 2.27. The van der Waals surface area contributed by atoms with Gasteiger partial charge in [0.25, 0.3) is 0 Å². The maximum atomic E-state index is 11.4. The number of nitrogens with zero attached hydrogens (tertiary/aromatic N) is 6. The fourth-order valence-electron chi connectivity index (χ4n) is 2.53. The van der Waals surface area contributed by atoms with Crippen molar-refractivity contribution in [1.82, 2.24) is 24.6 Å². The first kappa shape index (κ1) is 14.0. The minimum absolute atomic E-state index is 0.133. The topological polar surface area (TPSA) is 67.2 Å². The van der Waals surface area contributed by atoms with Crippen LogP contribution in [0.25, 0.3) is 10.7 Å². The van der Waals surface area contributed by atoms with Gasteiger partial charge < -0.3 is 9.80 Å². The summed E-state index contributed by atoms with van der Waals surface area (Å²) in [4.78, 5) is 20.7. The van der Waals surface area contributed by atoms with E-state index in [1.165, 1.54) is 0 Å². The minimum Gasteiger partial charge on any atom is -0.339 e. The number of carbonyl (C=O) groups is 1. The Balaban J connectivity index is 1.81. The molecule has 0 aliphatic carbocycles. The molecule has 21 heavy (non-hydrogen) atoms. The molecule has 1 fully saturated rings. The van der Waals surface area contributed by atoms with Crippen LogP contribution in [0, 0.1) is 6.92 Å². The molecular weight excluding hydrogens is 288 g/mol. The second kappa shape index (κ2) is 5.44. The highest BCUT2D eigenvalue weighted by atomic mass is 32.1. The van der Waals surface area contributed by atoms with E-state index in [0.29, 0.717) is 0 Å². The largest absolute Gasteiger partial charge is 0.339 e. The summed E-state index contributed by atoms with van der Waals surface area (Å²) in [7, 11) is 1.97. The third-order valence-electron chi connectivity index (χ3n) is 3.81. The zero-order valence-electron chi connectivity index (χ0n) is 12.4. The van der Waals surface area contributed by atoms with Gasteiger partial charge in [0.1, 0.15) is 0 Å². The molecule has 0 atom stereocenters. The smallest absolute Gasteiger partial charge is 0.227 e. The first-order valence-electron chi connectivity index (χ1n) is 6.88. The van der Waals surface area contributed by atoms with Gasteiger partial charge in [-0.15, -0.1) is 21.5 Å². The van der Waals surface area contributed by atoms with E-state index in [-0.39, 0.29) is 5.91 Å². The molecule has 7 nitrogen and oxygen atoms in total. The van der Waals surface area contributed by atoms with Gasteiger partial charge in [0.05, 0.1) is 16.1 Å². The SMILES string of the molecule is CC(=O)N1CCN(c2nnc(-c3scnc3C)n2C)CC1. The van der Waals surface area contributed by atoms with Gasteiger partial charge in [-0.2, -0.15) is 0 Å². The summed E-state index contributed by atoms with van der Waals surface area (Å²) < 4.78 is 2.00. The Morgan fingerprint density at radius 1 is 1.24 bits per heavy atom. The van der Waals surface area contributed by atoms with Gasteiger partial charge in [-0.05, 0) is 6.92 Å². The highest BCUT2D eigenvalue weighted by Gasteiger charge is 2.23. The van der Waals surface area contributed by atoms with Crippen molar-refractivity contribution in [1.29, 1.82) is 0 Å². The zero-order chi connectivity index (χ0) is 15.0. The molecule has 1 aliphatic heterocycles. The maximum Gasteiger partial charge on any atom is 0.227 e. The molecule has 3 heterocycles. The van der Waals surface area contributed by atoms with Crippen molar-refractivity contribution in [3.8, 4) is 10.7 Å². The number of hydrogen-bond donors (Lipinski definition) is 0. The molecule has 2 aromatic rings. The summed E-state index contributed by atoms with van der Waals surface area (Å²) in [6.45, 7) is 6.63. The molecule has 112 valence electrons. The van der Waals surface area contributed by atoms with Crippen LogP contribution in [-0.4, -0.2) is 56.7 Å². The van der Waals surface area contributed by atoms with Crippen molar-refractivity contribution >= 4 is 23.2 Å². The van der Waals surface area contributed by atoms with Gasteiger partial charge in [0.2, 0.25) is 11.9 Å². The fraction of sp³-hybridized carbons (Fsp3) is 0.538. The molecule has 0 bridgehead atoms. The molecule has 3 rings (SSSR count). The predicted octanol–water partition coefficient (Wildman–Crippen LogP) is 0.916. The van der Waals surface area contributed by atoms with E-state index in [1.807, 2.05) is 28.9 Å². The van der Waals surface area contributed by atoms with Gasteiger partial charge in [-0.25, -0.2) is 4.98 Å². The molecule has 0 radical (unpaired) electrons. The Morgan fingerprint density at radius 3 is 2.52 bits per heavy atom. The second-order valence-corrected chi connectivity index (χ2v) is 6.00. The summed E-state index contributed by atoms with van der Waals surface area (Å²) >= 11 is 1.58. The summed E-state index contributed by atoms with van der Waals surface area (Å²) in [6, 6.07) is 0. The van der Waals surface area contributed by atoms with Gasteiger partial charge in [-0.3, -0.25) is 9.36 Å². The Kier molecular flexibility index (Phi) is 3.62. The van der Waals surface area contributed by atoms with Crippen molar-refractivity contribution in [3.05, 3.63) is 11.2 Å². The molecular formula is C13H18N6OS. The van der Waals surface area contributed by atoms with E-state index in [1.54, 1.807) is 18.3 Å². The van der Waals surface area contributed by atoms with Gasteiger partial charge in [0, 0.05) is 40.2 Å². The second-order valence-electron chi connectivity index (χ2n) is 5.14. The van der Waals surface area contributed by atoms with Crippen LogP contribution in [0.3, 0.4) is 0 Å². The maximum absolute atomic E-state index is 11.4. The summed E-state index contributed by atoms with van der Waals surface area (Å²) in [5.41, 5.74) is 2.80. The van der Waals surface area contributed by atoms with E-state index in [2.05, 4.69) is 20.1 Å². The van der Waals surface area contributed by atoms with E-state index >= 15 is 0 Å². The number of rotatable bonds is 2. The highest BCUT2D eigenvalue weighted by molar-refractivity contribution is 7.13. The standard InChI is InChI=1S/C13H18N6OS/c1-9-11(21-8-14-9)12-15-16-13(17(12)3)19-6-4-18(5-7-19)10(2)20/h8H,4-7H2,1-3H3. The number of aromatic nitrogens is 4. The van der Waals surface area contributed by atoms with Gasteiger partial charge in [-0.1, -0.05) is 0 Å². The van der Waals surface area contributed by atoms with Crippen LogP contribution in [0.4, 0.5) is 5.95 Å². The Bertz CT molecular complexity index is 655. The molecule has 8 heteroatoms. The van der Waals surface area contributed by atoms with E-state index in [4.69, 9.17) is 0 Å². The number of thiazole rings is 1. The number of amides is 1. The average Bonchev–Trinajstić information content (AvgIpc) is 3.05. The third kappa shape index (κ3) is 2.51. The van der Waals surface area contributed by atoms with Crippen LogP contribution in [-0.2, 0) is 11.8 Å². The minimum atomic E-state index is 0.133. The van der Waals surface area contributed by atoms with Crippen LogP contribution in [0.15, 0.2) is 5.51 Å². The first-order valence-corrected chi connectivity index (χ1v) is 7.76. The predicted molar refractivity (Wildman–Crippen MR) is 81.3 cm³/mol. The van der Waals surface area contributed by atoms with Crippen LogP contribution < -0.4 is 4.90 Å². The zero-order valence-corrected chi connectivity index (χ0v) is 13.2. The number of aryl methyl sites for hydroxylation is 1. The lowest BCUT2D eigenvalue weighted by molar-refractivity contribution is -0.129. The number of carbonyl (C=O) groups excluding carboxylic acids is 1. The van der Waals surface area contributed by atoms with Crippen molar-refractivity contribution in [2.75, 3.05) is 31.1 Å². The number of hydrogen-bond acceptors (Lipinski definition) is 6. The van der Waals surface area contributed by atoms with Crippen molar-refractivity contribution in [3.63, 3.8) is 0 Å². The van der Waals surface area contributed by atoms with Gasteiger partial charge >= 0.3 is 0 Å². The Hall–Kier alpha value is -1.96. The van der Waals surface area contributed by atoms with Crippen molar-refractivity contribution < 1.29 is 4.79 Å². The molecule has 0 unspecified atom stereocenters. The molecule has 0 N–H and O–H groups in total. The molecule has 0 aromatic carbocycles. The van der Waals surface area contributed by atoms with Crippen LogP contribution in [0.5, 0.6) is 0 Å². The molecule has 1 saturated heterocycles. The summed E-state index contributed by atoms with van der Waals surface area (Å²) in [6.07, 6.45) is 0. The third-order valence-corrected chi connectivity index (χ3v) is 4.73. The Morgan fingerprint density at radius 2 is 1.95 bits per heavy atom. The molecule has 0 spiro atoms. The summed E-state index contributed by atoms with van der Waals surface area (Å²) in [5, 5.41) is 8.63. The van der Waals surface area contributed by atoms with E-state index in [9.17, 15) is 4.79 Å². The van der Waals surface area contributed by atoms with Crippen LogP contribution in [0.1, 0.15) is 12.6 Å². The van der Waals surface area contributed by atoms with Crippen molar-refractivity contribution in [2.24, 2.45) is 7.05 Å². The molecule has 1 amide bonds. The lowest BCUT2D eigenvalue weighted by Gasteiger charge is -2.34. The molecule has 0 saturated carbocycles. The number of anilines is 1. The van der Waals surface area contributed by atoms with Crippen LogP contribution >= 0.6 is 11.3 Å². The van der Waals surface area contributed by atoms with E-state index < -0.39 is 0 Å². The monoisotopic (exact) mass is 306 g/mol. The lowest BCUT2D eigenvalue weighted by Crippen LogP contribution is -2.48. The van der Waals surface area contributed by atoms with Crippen molar-refractivity contribution in [2.45, 2.75) is 13.8 Å². The molecule has 1 aliphatic rings. The average molecular weight is 306 g/mol. The molecule has 2 aromatic heterocycles. The van der Waals surface area contributed by atoms with Gasteiger partial charge in [0.15, 0.2) is 5.82 Å². The Labute approximate surface area is 127 Å². The van der Waals surface area contributed by atoms with E-state index in [0.717, 1.165) is 48.5 Å². The fourth-order valence-corrected chi connectivity index (χ4v) is 3.35. The normalized spacial score (nSPS) is 15.6. The summed E-state index contributed by atoms with van der Waals surface area (Å²) in [5.74, 6) is 1.83. The van der Waals surface area contributed by atoms with Crippen LogP contribution in [0.2, 0.25) is 0 Å². The quantitative estimate of drug-likeness (QED) is 0.825. The first-order chi connectivity index (χ1) is 10.1.